The number of benzene rings is 4. The number of aromatic nitrogens is 4. The molecule has 8 nitrogen and oxygen atoms in total. The predicted octanol–water partition coefficient (Wildman–Crippen LogP) is 9.87. The van der Waals surface area contributed by atoms with Crippen LogP contribution < -0.4 is 9.47 Å². The second kappa shape index (κ2) is 14.8. The van der Waals surface area contributed by atoms with Crippen molar-refractivity contribution in [1.29, 1.82) is 0 Å². The van der Waals surface area contributed by atoms with E-state index in [4.69, 9.17) is 18.9 Å². The van der Waals surface area contributed by atoms with Crippen molar-refractivity contribution in [2.45, 2.75) is 0 Å². The van der Waals surface area contributed by atoms with Gasteiger partial charge in [0.1, 0.15) is 11.5 Å². The summed E-state index contributed by atoms with van der Waals surface area (Å²) in [5.74, 6) is 1.29. The third-order valence-electron chi connectivity index (χ3n) is 8.89. The van der Waals surface area contributed by atoms with E-state index in [-0.39, 0.29) is 13.6 Å². The Morgan fingerprint density at radius 1 is 0.423 bits per heavy atom. The molecule has 0 saturated carbocycles. The summed E-state index contributed by atoms with van der Waals surface area (Å²) < 4.78 is 24.4. The molecule has 0 aliphatic carbocycles. The highest BCUT2D eigenvalue weighted by molar-refractivity contribution is 6.14. The van der Waals surface area contributed by atoms with Gasteiger partial charge in [0.2, 0.25) is 0 Å². The smallest absolute Gasteiger partial charge is 0.188 e. The van der Waals surface area contributed by atoms with Crippen LogP contribution in [0.3, 0.4) is 0 Å². The Morgan fingerprint density at radius 3 is 1.27 bits per heavy atom. The van der Waals surface area contributed by atoms with Crippen molar-refractivity contribution in [3.8, 4) is 67.7 Å². The first-order valence-electron chi connectivity index (χ1n) is 16.8. The number of nitrogens with zero attached hydrogens (tertiary/aromatic N) is 4. The van der Waals surface area contributed by atoms with Crippen molar-refractivity contribution in [2.75, 3.05) is 27.8 Å². The summed E-state index contributed by atoms with van der Waals surface area (Å²) in [6, 6.07) is 40.7. The van der Waals surface area contributed by atoms with Crippen molar-refractivity contribution in [3.63, 3.8) is 0 Å². The summed E-state index contributed by atoms with van der Waals surface area (Å²) in [5.41, 5.74) is 8.38. The first kappa shape index (κ1) is 32.7. The van der Waals surface area contributed by atoms with E-state index in [1.807, 2.05) is 84.9 Å². The molecule has 8 rings (SSSR count). The van der Waals surface area contributed by atoms with E-state index in [1.165, 1.54) is 0 Å². The lowest BCUT2D eigenvalue weighted by molar-refractivity contribution is 0.0506. The van der Waals surface area contributed by atoms with Crippen LogP contribution in [0, 0.1) is 0 Å². The number of rotatable bonds is 11. The number of hydrogen-bond acceptors (Lipinski definition) is 8. The van der Waals surface area contributed by atoms with Gasteiger partial charge in [0.05, 0.1) is 22.8 Å². The average Bonchev–Trinajstić information content (AvgIpc) is 3.22. The van der Waals surface area contributed by atoms with E-state index in [0.717, 1.165) is 77.7 Å². The summed E-state index contributed by atoms with van der Waals surface area (Å²) in [7, 11) is 3.25. The second-order valence-electron chi connectivity index (χ2n) is 12.1. The molecule has 4 aromatic carbocycles. The Labute approximate surface area is 301 Å². The van der Waals surface area contributed by atoms with Gasteiger partial charge in [-0.1, -0.05) is 60.7 Å². The van der Waals surface area contributed by atoms with E-state index in [0.29, 0.717) is 11.5 Å². The average molecular weight is 683 g/mol. The first-order chi connectivity index (χ1) is 25.7. The van der Waals surface area contributed by atoms with E-state index in [9.17, 15) is 0 Å². The molecule has 0 saturated heterocycles. The summed E-state index contributed by atoms with van der Waals surface area (Å²) in [5, 5.41) is 4.04. The number of pyridine rings is 4. The fourth-order valence-corrected chi connectivity index (χ4v) is 6.62. The monoisotopic (exact) mass is 682 g/mol. The van der Waals surface area contributed by atoms with Gasteiger partial charge in [-0.2, -0.15) is 0 Å². The van der Waals surface area contributed by atoms with Gasteiger partial charge < -0.3 is 18.9 Å². The molecule has 0 amide bonds. The molecule has 0 radical (unpaired) electrons. The zero-order valence-electron chi connectivity index (χ0n) is 28.7. The number of fused-ring (bicyclic) bond motifs is 2. The highest BCUT2D eigenvalue weighted by atomic mass is 16.7. The van der Waals surface area contributed by atoms with Crippen molar-refractivity contribution in [3.05, 3.63) is 146 Å². The van der Waals surface area contributed by atoms with E-state index < -0.39 is 0 Å². The Balaban J connectivity index is 1.46. The normalized spacial score (nSPS) is 11.2. The molecule has 0 bridgehead atoms. The second-order valence-corrected chi connectivity index (χ2v) is 12.1. The third-order valence-corrected chi connectivity index (χ3v) is 8.89. The molecule has 0 aliphatic rings. The molecule has 0 spiro atoms. The molecule has 0 fully saturated rings. The number of hydrogen-bond donors (Lipinski definition) is 0. The van der Waals surface area contributed by atoms with Crippen LogP contribution in [-0.4, -0.2) is 47.7 Å². The van der Waals surface area contributed by atoms with Crippen LogP contribution in [0.25, 0.3) is 77.7 Å². The van der Waals surface area contributed by atoms with Crippen LogP contribution in [0.15, 0.2) is 146 Å². The molecule has 0 unspecified atom stereocenters. The van der Waals surface area contributed by atoms with Crippen LogP contribution in [0.2, 0.25) is 0 Å². The Morgan fingerprint density at radius 2 is 0.846 bits per heavy atom. The SMILES string of the molecule is COCOc1c(-c2ccnc(-c3ccccn3)c2)cc2ccccc2c1-c1c(OCOC)c(-c2ccnc(-c3ccccn3)c2)cc2ccccc12. The highest BCUT2D eigenvalue weighted by Crippen LogP contribution is 2.52. The Bertz CT molecular complexity index is 2330. The van der Waals surface area contributed by atoms with Crippen LogP contribution in [0.5, 0.6) is 11.5 Å². The van der Waals surface area contributed by atoms with Crippen molar-refractivity contribution in [1.82, 2.24) is 19.9 Å². The highest BCUT2D eigenvalue weighted by Gasteiger charge is 2.26. The summed E-state index contributed by atoms with van der Waals surface area (Å²) in [4.78, 5) is 18.4. The van der Waals surface area contributed by atoms with Gasteiger partial charge in [0.15, 0.2) is 13.6 Å². The molecule has 0 aliphatic heterocycles. The van der Waals surface area contributed by atoms with E-state index in [1.54, 1.807) is 39.0 Å². The minimum atomic E-state index is 0.0280. The molecule has 8 aromatic rings. The summed E-state index contributed by atoms with van der Waals surface area (Å²) >= 11 is 0. The molecule has 0 N–H and O–H groups in total. The lowest BCUT2D eigenvalue weighted by Gasteiger charge is -2.24. The van der Waals surface area contributed by atoms with Gasteiger partial charge in [0.25, 0.3) is 0 Å². The molecule has 4 heterocycles. The first-order valence-corrected chi connectivity index (χ1v) is 16.8. The number of methoxy groups -OCH3 is 2. The molecule has 4 aromatic heterocycles. The van der Waals surface area contributed by atoms with Crippen LogP contribution >= 0.6 is 0 Å². The molecule has 8 heteroatoms. The summed E-state index contributed by atoms with van der Waals surface area (Å²) in [6.45, 7) is 0.0559. The van der Waals surface area contributed by atoms with E-state index >= 15 is 0 Å². The summed E-state index contributed by atoms with van der Waals surface area (Å²) in [6.07, 6.45) is 7.15. The minimum Gasteiger partial charge on any atom is -0.466 e. The maximum absolute atomic E-state index is 6.65. The molecule has 0 atom stereocenters. The molecule has 254 valence electrons. The largest absolute Gasteiger partial charge is 0.466 e. The third kappa shape index (κ3) is 6.33. The van der Waals surface area contributed by atoms with E-state index in [2.05, 4.69) is 56.3 Å². The fraction of sp³-hybridized carbons (Fsp3) is 0.0909. The molecular formula is C44H34N4O4. The van der Waals surface area contributed by atoms with Crippen LogP contribution in [0.1, 0.15) is 0 Å². The van der Waals surface area contributed by atoms with Gasteiger partial charge >= 0.3 is 0 Å². The quantitative estimate of drug-likeness (QED) is 0.125. The lowest BCUT2D eigenvalue weighted by atomic mass is 9.86. The van der Waals surface area contributed by atoms with Crippen molar-refractivity contribution >= 4 is 21.5 Å². The van der Waals surface area contributed by atoms with Crippen molar-refractivity contribution < 1.29 is 18.9 Å². The lowest BCUT2D eigenvalue weighted by Crippen LogP contribution is -2.06. The van der Waals surface area contributed by atoms with Crippen molar-refractivity contribution in [2.24, 2.45) is 0 Å². The van der Waals surface area contributed by atoms with Gasteiger partial charge in [-0.3, -0.25) is 19.9 Å². The maximum atomic E-state index is 6.65. The molecular weight excluding hydrogens is 649 g/mol. The Kier molecular flexibility index (Phi) is 9.30. The minimum absolute atomic E-state index is 0.0280. The predicted molar refractivity (Wildman–Crippen MR) is 205 cm³/mol. The van der Waals surface area contributed by atoms with Gasteiger partial charge in [-0.05, 0) is 93.3 Å². The zero-order valence-corrected chi connectivity index (χ0v) is 28.7. The van der Waals surface area contributed by atoms with Crippen LogP contribution in [-0.2, 0) is 9.47 Å². The standard InChI is InChI=1S/C44H34N4O4/c1-49-27-51-43-35(31-17-21-47-39(25-31)37-15-7-9-19-45-37)23-29-11-3-5-13-33(29)41(43)42-34-14-6-4-12-30(34)24-36(44(42)52-28-50-2)32-18-22-48-40(26-32)38-16-8-10-20-46-38/h3-26H,27-28H2,1-2H3. The zero-order chi connectivity index (χ0) is 35.3. The topological polar surface area (TPSA) is 88.5 Å². The molecule has 52 heavy (non-hydrogen) atoms. The number of ether oxygens (including phenoxy) is 4. The van der Waals surface area contributed by atoms with Gasteiger partial charge in [-0.15, -0.1) is 0 Å². The van der Waals surface area contributed by atoms with Crippen LogP contribution in [0.4, 0.5) is 0 Å². The Hall–Kier alpha value is -6.48. The van der Waals surface area contributed by atoms with Gasteiger partial charge in [-0.25, -0.2) is 0 Å². The van der Waals surface area contributed by atoms with Gasteiger partial charge in [0, 0.05) is 61.3 Å². The fourth-order valence-electron chi connectivity index (χ4n) is 6.62. The maximum Gasteiger partial charge on any atom is 0.188 e.